The zero-order chi connectivity index (χ0) is 27.9. The van der Waals surface area contributed by atoms with Crippen molar-refractivity contribution in [3.05, 3.63) is 60.1 Å². The molecule has 1 atom stereocenters. The maximum atomic E-state index is 12.6. The zero-order valence-electron chi connectivity index (χ0n) is 22.7. The number of para-hydroxylation sites is 1. The number of carbonyl (C=O) groups is 2. The second-order valence-electron chi connectivity index (χ2n) is 9.68. The number of hydrogen-bond acceptors (Lipinski definition) is 9. The van der Waals surface area contributed by atoms with Crippen molar-refractivity contribution in [3.63, 3.8) is 0 Å². The van der Waals surface area contributed by atoms with E-state index in [1.165, 1.54) is 6.20 Å². The summed E-state index contributed by atoms with van der Waals surface area (Å²) in [6, 6.07) is 5.67. The van der Waals surface area contributed by atoms with E-state index < -0.39 is 5.91 Å². The third kappa shape index (κ3) is 6.90. The van der Waals surface area contributed by atoms with Gasteiger partial charge < -0.3 is 30.9 Å². The Bertz CT molecular complexity index is 1350. The first-order valence-electron chi connectivity index (χ1n) is 12.7. The number of ether oxygens (including phenoxy) is 1. The molecular weight excluding hydrogens is 498 g/mol. The first-order valence-corrected chi connectivity index (χ1v) is 12.7. The molecule has 0 bridgehead atoms. The molecule has 0 spiro atoms. The molecule has 4 N–H and O–H groups in total. The lowest BCUT2D eigenvalue weighted by Gasteiger charge is -2.32. The van der Waals surface area contributed by atoms with Crippen LogP contribution in [0.5, 0.6) is 5.75 Å². The third-order valence-electron chi connectivity index (χ3n) is 6.42. The number of nitrogens with two attached hydrogens (primary N) is 1. The lowest BCUT2D eigenvalue weighted by Crippen LogP contribution is -2.40. The highest BCUT2D eigenvalue weighted by Crippen LogP contribution is 2.32. The molecule has 1 unspecified atom stereocenters. The van der Waals surface area contributed by atoms with Gasteiger partial charge in [0, 0.05) is 38.1 Å². The number of hydrogen-bond donors (Lipinski definition) is 3. The lowest BCUT2D eigenvalue weighted by molar-refractivity contribution is -0.127. The number of nitrogens with zero attached hydrogens (tertiary/aromatic N) is 6. The maximum Gasteiger partial charge on any atom is 0.254 e. The van der Waals surface area contributed by atoms with E-state index in [1.54, 1.807) is 19.4 Å². The number of aryl methyl sites for hydroxylation is 1. The standard InChI is InChI=1S/C27H35N9O3/c1-18-8-5-10-22(39-4)24(18)32-26-21(25(28)38)15-29-27(33-26)31-19-14-30-36(16-19)20-9-6-13-35(17-20)23(37)11-7-12-34(2)3/h5,7-8,10-11,14-16,20H,6,9,12-13,17H2,1-4H3,(H2,28,38)(H2,29,31,32,33). The van der Waals surface area contributed by atoms with Gasteiger partial charge in [-0.3, -0.25) is 14.3 Å². The van der Waals surface area contributed by atoms with Crippen molar-refractivity contribution in [2.75, 3.05) is 51.5 Å². The monoisotopic (exact) mass is 533 g/mol. The quantitative estimate of drug-likeness (QED) is 0.335. The Kier molecular flexibility index (Phi) is 8.77. The average molecular weight is 534 g/mol. The van der Waals surface area contributed by atoms with E-state index in [4.69, 9.17) is 10.5 Å². The Morgan fingerprint density at radius 3 is 2.82 bits per heavy atom. The van der Waals surface area contributed by atoms with Crippen molar-refractivity contribution >= 4 is 35.0 Å². The van der Waals surface area contributed by atoms with E-state index in [0.29, 0.717) is 23.7 Å². The van der Waals surface area contributed by atoms with Gasteiger partial charge in [-0.1, -0.05) is 18.2 Å². The van der Waals surface area contributed by atoms with Gasteiger partial charge in [-0.2, -0.15) is 10.1 Å². The molecule has 1 fully saturated rings. The Balaban J connectivity index is 1.48. The Hall–Kier alpha value is -4.45. The summed E-state index contributed by atoms with van der Waals surface area (Å²) < 4.78 is 7.32. The summed E-state index contributed by atoms with van der Waals surface area (Å²) in [5, 5.41) is 10.8. The van der Waals surface area contributed by atoms with Crippen LogP contribution in [0.4, 0.5) is 23.1 Å². The van der Waals surface area contributed by atoms with E-state index in [9.17, 15) is 9.59 Å². The fourth-order valence-corrected chi connectivity index (χ4v) is 4.38. The number of rotatable bonds is 10. The highest BCUT2D eigenvalue weighted by molar-refractivity contribution is 5.98. The Labute approximate surface area is 227 Å². The lowest BCUT2D eigenvalue weighted by atomic mass is 10.1. The largest absolute Gasteiger partial charge is 0.495 e. The number of likely N-dealkylation sites (tertiary alicyclic amines) is 1. The van der Waals surface area contributed by atoms with Crippen molar-refractivity contribution < 1.29 is 14.3 Å². The van der Waals surface area contributed by atoms with Crippen molar-refractivity contribution in [2.45, 2.75) is 25.8 Å². The molecule has 12 heteroatoms. The molecule has 1 aromatic carbocycles. The topological polar surface area (TPSA) is 144 Å². The van der Waals surface area contributed by atoms with Gasteiger partial charge in [-0.05, 0) is 45.5 Å². The van der Waals surface area contributed by atoms with Crippen LogP contribution < -0.4 is 21.1 Å². The molecule has 1 aliphatic heterocycles. The first kappa shape index (κ1) is 27.6. The van der Waals surface area contributed by atoms with Crippen molar-refractivity contribution in [1.82, 2.24) is 29.5 Å². The number of amides is 2. The van der Waals surface area contributed by atoms with Crippen LogP contribution in [0, 0.1) is 6.92 Å². The highest BCUT2D eigenvalue weighted by Gasteiger charge is 2.24. The Morgan fingerprint density at radius 2 is 2.08 bits per heavy atom. The number of benzene rings is 1. The molecule has 12 nitrogen and oxygen atoms in total. The first-order chi connectivity index (χ1) is 18.7. The normalized spacial score (nSPS) is 15.5. The van der Waals surface area contributed by atoms with Gasteiger partial charge in [0.1, 0.15) is 17.1 Å². The SMILES string of the molecule is COc1cccc(C)c1Nc1nc(Nc2cnn(C3CCCN(C(=O)C=CCN(C)C)C3)c2)ncc1C(N)=O. The minimum atomic E-state index is -0.655. The summed E-state index contributed by atoms with van der Waals surface area (Å²) in [5.41, 5.74) is 7.99. The second kappa shape index (κ2) is 12.4. The fraction of sp³-hybridized carbons (Fsp3) is 0.370. The molecule has 1 aliphatic rings. The van der Waals surface area contributed by atoms with Crippen molar-refractivity contribution in [2.24, 2.45) is 5.73 Å². The van der Waals surface area contributed by atoms with Gasteiger partial charge in [0.15, 0.2) is 0 Å². The average Bonchev–Trinajstić information content (AvgIpc) is 3.38. The van der Waals surface area contributed by atoms with Crippen molar-refractivity contribution in [1.29, 1.82) is 0 Å². The number of nitrogens with one attached hydrogen (secondary N) is 2. The summed E-state index contributed by atoms with van der Waals surface area (Å²) >= 11 is 0. The van der Waals surface area contributed by atoms with E-state index in [-0.39, 0.29) is 29.3 Å². The molecule has 3 aromatic rings. The minimum Gasteiger partial charge on any atom is -0.495 e. The predicted molar refractivity (Wildman–Crippen MR) is 150 cm³/mol. The molecule has 0 saturated carbocycles. The van der Waals surface area contributed by atoms with Crippen LogP contribution in [0.25, 0.3) is 0 Å². The second-order valence-corrected chi connectivity index (χ2v) is 9.68. The van der Waals surface area contributed by atoms with Gasteiger partial charge in [0.25, 0.3) is 5.91 Å². The van der Waals surface area contributed by atoms with Crippen LogP contribution in [-0.2, 0) is 4.79 Å². The summed E-state index contributed by atoms with van der Waals surface area (Å²) in [7, 11) is 5.50. The minimum absolute atomic E-state index is 0.0142. The van der Waals surface area contributed by atoms with Crippen LogP contribution in [0.1, 0.15) is 34.8 Å². The van der Waals surface area contributed by atoms with Gasteiger partial charge in [0.2, 0.25) is 11.9 Å². The molecule has 2 amide bonds. The smallest absolute Gasteiger partial charge is 0.254 e. The van der Waals surface area contributed by atoms with Crippen LogP contribution in [0.2, 0.25) is 0 Å². The van der Waals surface area contributed by atoms with Crippen LogP contribution in [0.15, 0.2) is 48.9 Å². The molecule has 3 heterocycles. The fourth-order valence-electron chi connectivity index (χ4n) is 4.38. The number of likely N-dealkylation sites (N-methyl/N-ethyl adjacent to an activating group) is 1. The van der Waals surface area contributed by atoms with Crippen LogP contribution in [-0.4, -0.2) is 82.2 Å². The highest BCUT2D eigenvalue weighted by atomic mass is 16.5. The zero-order valence-corrected chi connectivity index (χ0v) is 22.7. The molecule has 2 aromatic heterocycles. The van der Waals surface area contributed by atoms with E-state index in [1.807, 2.05) is 66.0 Å². The van der Waals surface area contributed by atoms with Crippen LogP contribution >= 0.6 is 0 Å². The van der Waals surface area contributed by atoms with Gasteiger partial charge in [0.05, 0.1) is 30.7 Å². The summed E-state index contributed by atoms with van der Waals surface area (Å²) in [4.78, 5) is 37.3. The van der Waals surface area contributed by atoms with E-state index in [2.05, 4.69) is 25.7 Å². The van der Waals surface area contributed by atoms with Gasteiger partial charge in [-0.25, -0.2) is 4.98 Å². The predicted octanol–water partition coefficient (Wildman–Crippen LogP) is 2.86. The number of piperidine rings is 1. The van der Waals surface area contributed by atoms with E-state index in [0.717, 1.165) is 31.5 Å². The number of methoxy groups -OCH3 is 1. The summed E-state index contributed by atoms with van der Waals surface area (Å²) in [6.07, 6.45) is 10.3. The third-order valence-corrected chi connectivity index (χ3v) is 6.42. The van der Waals surface area contributed by atoms with Crippen molar-refractivity contribution in [3.8, 4) is 5.75 Å². The number of carbonyl (C=O) groups excluding carboxylic acids is 2. The molecule has 0 aliphatic carbocycles. The summed E-state index contributed by atoms with van der Waals surface area (Å²) in [5.74, 6) is 0.482. The molecule has 39 heavy (non-hydrogen) atoms. The molecular formula is C27H35N9O3. The number of aromatic nitrogens is 4. The molecule has 1 saturated heterocycles. The van der Waals surface area contributed by atoms with Crippen LogP contribution in [0.3, 0.4) is 0 Å². The maximum absolute atomic E-state index is 12.6. The summed E-state index contributed by atoms with van der Waals surface area (Å²) in [6.45, 7) is 3.96. The number of anilines is 4. The van der Waals surface area contributed by atoms with Gasteiger partial charge >= 0.3 is 0 Å². The van der Waals surface area contributed by atoms with Gasteiger partial charge in [-0.15, -0.1) is 0 Å². The molecule has 0 radical (unpaired) electrons. The van der Waals surface area contributed by atoms with E-state index >= 15 is 0 Å². The molecule has 4 rings (SSSR count). The Morgan fingerprint density at radius 1 is 1.26 bits per heavy atom. The molecule has 206 valence electrons. The number of primary amides is 1.